The third-order valence-corrected chi connectivity index (χ3v) is 9.48. The van der Waals surface area contributed by atoms with Crippen LogP contribution in [0.15, 0.2) is 70.5 Å². The van der Waals surface area contributed by atoms with Crippen LogP contribution < -0.4 is 10.1 Å². The van der Waals surface area contributed by atoms with Crippen molar-refractivity contribution in [1.82, 2.24) is 9.97 Å². The van der Waals surface area contributed by atoms with Crippen molar-refractivity contribution in [2.45, 2.75) is 42.5 Å². The van der Waals surface area contributed by atoms with Crippen molar-refractivity contribution >= 4 is 32.8 Å². The van der Waals surface area contributed by atoms with Gasteiger partial charge in [-0.15, -0.1) is 11.3 Å². The normalized spacial score (nSPS) is 13.6. The predicted octanol–water partition coefficient (Wildman–Crippen LogP) is 5.20. The molecule has 1 atom stereocenters. The number of fused-ring (bicyclic) bond motifs is 1. The summed E-state index contributed by atoms with van der Waals surface area (Å²) in [6.07, 6.45) is 4.43. The Balaban J connectivity index is 1.50. The molecule has 2 aromatic carbocycles. The number of carbonyl (C=O) groups is 1. The number of rotatable bonds is 9. The number of aromatic nitrogens is 2. The van der Waals surface area contributed by atoms with E-state index in [4.69, 9.17) is 9.84 Å². The fraction of sp³-hybridized carbons (Fsp3) is 0.222. The SMILES string of the molecule is Cc1csc(S(=O)(=O)C(Nc2cc3c(cc2OCc2ccc(C(=O)O)cc2)CCC3)c2ccccn2)n1. The van der Waals surface area contributed by atoms with E-state index >= 15 is 0 Å². The first kappa shape index (κ1) is 24.9. The van der Waals surface area contributed by atoms with Crippen molar-refractivity contribution in [2.24, 2.45) is 0 Å². The molecule has 10 heteroatoms. The summed E-state index contributed by atoms with van der Waals surface area (Å²) in [7, 11) is -3.92. The Morgan fingerprint density at radius 3 is 2.54 bits per heavy atom. The number of carboxylic acid groups (broad SMARTS) is 1. The van der Waals surface area contributed by atoms with Gasteiger partial charge in [0.2, 0.25) is 14.2 Å². The summed E-state index contributed by atoms with van der Waals surface area (Å²) in [5.41, 5.74) is 4.87. The molecular formula is C27H25N3O5S2. The van der Waals surface area contributed by atoms with Crippen LogP contribution in [0.25, 0.3) is 0 Å². The van der Waals surface area contributed by atoms with Gasteiger partial charge < -0.3 is 15.2 Å². The van der Waals surface area contributed by atoms with Crippen molar-refractivity contribution in [3.8, 4) is 5.75 Å². The van der Waals surface area contributed by atoms with Crippen LogP contribution in [0.2, 0.25) is 0 Å². The molecule has 2 aromatic heterocycles. The number of ether oxygens (including phenoxy) is 1. The first-order valence-corrected chi connectivity index (χ1v) is 14.2. The molecule has 0 spiro atoms. The Morgan fingerprint density at radius 1 is 1.14 bits per heavy atom. The van der Waals surface area contributed by atoms with Gasteiger partial charge >= 0.3 is 5.97 Å². The Morgan fingerprint density at radius 2 is 1.89 bits per heavy atom. The second kappa shape index (κ2) is 10.3. The maximum Gasteiger partial charge on any atom is 0.335 e. The van der Waals surface area contributed by atoms with Crippen molar-refractivity contribution in [3.63, 3.8) is 0 Å². The number of hydrogen-bond acceptors (Lipinski definition) is 8. The number of nitrogens with zero attached hydrogens (tertiary/aromatic N) is 2. The topological polar surface area (TPSA) is 118 Å². The monoisotopic (exact) mass is 535 g/mol. The number of carboxylic acids is 1. The second-order valence-electron chi connectivity index (χ2n) is 8.84. The van der Waals surface area contributed by atoms with Gasteiger partial charge in [-0.05, 0) is 79.3 Å². The minimum atomic E-state index is -3.92. The number of pyridine rings is 1. The van der Waals surface area contributed by atoms with Crippen LogP contribution in [-0.4, -0.2) is 29.5 Å². The van der Waals surface area contributed by atoms with E-state index in [0.29, 0.717) is 22.8 Å². The lowest BCUT2D eigenvalue weighted by atomic mass is 10.1. The molecule has 1 aliphatic carbocycles. The van der Waals surface area contributed by atoms with Crippen molar-refractivity contribution in [2.75, 3.05) is 5.32 Å². The standard InChI is InChI=1S/C27H25N3O5S2/c1-17-16-36-27(29-17)37(33,34)25(22-7-2-3-12-28-22)30-23-13-20-5-4-6-21(20)14-24(23)35-15-18-8-10-19(11-9-18)26(31)32/h2-3,7-14,16,25,30H,4-6,15H2,1H3,(H,31,32). The van der Waals surface area contributed by atoms with Crippen molar-refractivity contribution in [3.05, 3.63) is 99.8 Å². The van der Waals surface area contributed by atoms with Gasteiger partial charge in [0.25, 0.3) is 0 Å². The summed E-state index contributed by atoms with van der Waals surface area (Å²) in [6.45, 7) is 1.95. The van der Waals surface area contributed by atoms with Gasteiger partial charge in [0, 0.05) is 17.3 Å². The van der Waals surface area contributed by atoms with E-state index in [9.17, 15) is 13.2 Å². The molecule has 0 amide bonds. The van der Waals surface area contributed by atoms with E-state index in [1.807, 2.05) is 12.1 Å². The van der Waals surface area contributed by atoms with E-state index in [-0.39, 0.29) is 16.5 Å². The zero-order valence-electron chi connectivity index (χ0n) is 20.0. The highest BCUT2D eigenvalue weighted by Crippen LogP contribution is 2.38. The van der Waals surface area contributed by atoms with E-state index in [0.717, 1.165) is 41.7 Å². The number of aryl methyl sites for hydroxylation is 3. The molecule has 4 aromatic rings. The minimum Gasteiger partial charge on any atom is -0.487 e. The van der Waals surface area contributed by atoms with Crippen LogP contribution in [0.1, 0.15) is 50.2 Å². The molecule has 2 heterocycles. The number of benzene rings is 2. The van der Waals surface area contributed by atoms with Crippen molar-refractivity contribution in [1.29, 1.82) is 0 Å². The lowest BCUT2D eigenvalue weighted by Crippen LogP contribution is -2.23. The molecule has 5 rings (SSSR count). The molecule has 0 saturated carbocycles. The number of nitrogens with one attached hydrogen (secondary N) is 1. The van der Waals surface area contributed by atoms with Gasteiger partial charge in [-0.3, -0.25) is 4.98 Å². The Labute approximate surface area is 218 Å². The molecule has 0 fully saturated rings. The van der Waals surface area contributed by atoms with Crippen molar-refractivity contribution < 1.29 is 23.1 Å². The molecule has 8 nitrogen and oxygen atoms in total. The molecule has 2 N–H and O–H groups in total. The molecule has 0 bridgehead atoms. The van der Waals surface area contributed by atoms with Crippen LogP contribution in [-0.2, 0) is 29.3 Å². The van der Waals surface area contributed by atoms with E-state index in [1.165, 1.54) is 17.7 Å². The van der Waals surface area contributed by atoms with E-state index in [2.05, 4.69) is 15.3 Å². The number of thiazole rings is 1. The van der Waals surface area contributed by atoms with Gasteiger partial charge in [0.1, 0.15) is 12.4 Å². The lowest BCUT2D eigenvalue weighted by Gasteiger charge is -2.22. The Kier molecular flexibility index (Phi) is 6.94. The fourth-order valence-corrected chi connectivity index (χ4v) is 6.99. The first-order chi connectivity index (χ1) is 17.8. The van der Waals surface area contributed by atoms with Gasteiger partial charge in [-0.2, -0.15) is 0 Å². The highest BCUT2D eigenvalue weighted by atomic mass is 32.2. The third kappa shape index (κ3) is 5.35. The second-order valence-corrected chi connectivity index (χ2v) is 11.9. The smallest absolute Gasteiger partial charge is 0.335 e. The summed E-state index contributed by atoms with van der Waals surface area (Å²) < 4.78 is 33.6. The van der Waals surface area contributed by atoms with Crippen LogP contribution in [0.5, 0.6) is 5.75 Å². The summed E-state index contributed by atoms with van der Waals surface area (Å²) in [6, 6.07) is 15.6. The lowest BCUT2D eigenvalue weighted by molar-refractivity contribution is 0.0697. The fourth-order valence-electron chi connectivity index (χ4n) is 4.28. The molecule has 190 valence electrons. The average Bonchev–Trinajstić information content (AvgIpc) is 3.55. The zero-order chi connectivity index (χ0) is 26.0. The molecule has 1 unspecified atom stereocenters. The largest absolute Gasteiger partial charge is 0.487 e. The number of anilines is 1. The predicted molar refractivity (Wildman–Crippen MR) is 141 cm³/mol. The van der Waals surface area contributed by atoms with Crippen LogP contribution in [0.3, 0.4) is 0 Å². The van der Waals surface area contributed by atoms with Crippen LogP contribution >= 0.6 is 11.3 Å². The highest BCUT2D eigenvalue weighted by molar-refractivity contribution is 7.93. The molecule has 0 radical (unpaired) electrons. The van der Waals surface area contributed by atoms with Gasteiger partial charge in [0.15, 0.2) is 5.37 Å². The third-order valence-electron chi connectivity index (χ3n) is 6.18. The molecule has 0 aliphatic heterocycles. The number of aromatic carboxylic acids is 1. The summed E-state index contributed by atoms with van der Waals surface area (Å²) in [4.78, 5) is 19.7. The van der Waals surface area contributed by atoms with E-state index < -0.39 is 21.2 Å². The van der Waals surface area contributed by atoms with Gasteiger partial charge in [0.05, 0.1) is 16.9 Å². The number of hydrogen-bond donors (Lipinski definition) is 2. The maximum atomic E-state index is 13.7. The molecule has 0 saturated heterocycles. The average molecular weight is 536 g/mol. The Hall–Kier alpha value is -3.76. The number of sulfone groups is 1. The Bertz CT molecular complexity index is 1530. The molecular weight excluding hydrogens is 510 g/mol. The maximum absolute atomic E-state index is 13.7. The first-order valence-electron chi connectivity index (χ1n) is 11.8. The summed E-state index contributed by atoms with van der Waals surface area (Å²) in [5.74, 6) is -0.468. The quantitative estimate of drug-likeness (QED) is 0.300. The highest BCUT2D eigenvalue weighted by Gasteiger charge is 2.34. The van der Waals surface area contributed by atoms with Crippen LogP contribution in [0, 0.1) is 6.92 Å². The minimum absolute atomic E-state index is 0.0234. The van der Waals surface area contributed by atoms with Gasteiger partial charge in [-0.1, -0.05) is 18.2 Å². The molecule has 1 aliphatic rings. The summed E-state index contributed by atoms with van der Waals surface area (Å²) >= 11 is 1.09. The van der Waals surface area contributed by atoms with E-state index in [1.54, 1.807) is 48.8 Å². The van der Waals surface area contributed by atoms with Crippen LogP contribution in [0.4, 0.5) is 5.69 Å². The molecule has 37 heavy (non-hydrogen) atoms. The summed E-state index contributed by atoms with van der Waals surface area (Å²) in [5, 5.41) is 12.9. The zero-order valence-corrected chi connectivity index (χ0v) is 21.7. The van der Waals surface area contributed by atoms with Gasteiger partial charge in [-0.25, -0.2) is 18.2 Å².